The number of esters is 1. The van der Waals surface area contributed by atoms with Crippen LogP contribution in [-0.2, 0) is 15.7 Å². The van der Waals surface area contributed by atoms with Crippen LogP contribution in [0.5, 0.6) is 11.5 Å². The summed E-state index contributed by atoms with van der Waals surface area (Å²) in [6.45, 7) is 0. The maximum Gasteiger partial charge on any atom is 0.416 e. The van der Waals surface area contributed by atoms with E-state index in [9.17, 15) is 18.0 Å². The van der Waals surface area contributed by atoms with Gasteiger partial charge in [0.2, 0.25) is 5.90 Å². The van der Waals surface area contributed by atoms with Crippen molar-refractivity contribution < 1.29 is 32.2 Å². The van der Waals surface area contributed by atoms with E-state index >= 15 is 0 Å². The molecule has 0 saturated heterocycles. The Hall–Kier alpha value is -3.29. The number of hydrogen-bond acceptors (Lipinski definition) is 5. The number of methoxy groups -OCH3 is 2. The van der Waals surface area contributed by atoms with Crippen LogP contribution in [0.15, 0.2) is 53.2 Å². The van der Waals surface area contributed by atoms with Crippen molar-refractivity contribution in [3.8, 4) is 11.5 Å². The highest BCUT2D eigenvalue weighted by molar-refractivity contribution is 6.13. The van der Waals surface area contributed by atoms with Crippen molar-refractivity contribution >= 4 is 17.9 Å². The Morgan fingerprint density at radius 3 is 2.41 bits per heavy atom. The van der Waals surface area contributed by atoms with Crippen LogP contribution in [0.2, 0.25) is 0 Å². The monoisotopic (exact) mass is 377 g/mol. The number of alkyl halides is 3. The third-order valence-electron chi connectivity index (χ3n) is 3.81. The number of ether oxygens (including phenoxy) is 3. The van der Waals surface area contributed by atoms with Crippen LogP contribution >= 0.6 is 0 Å². The average Bonchev–Trinajstić information content (AvgIpc) is 3.01. The van der Waals surface area contributed by atoms with Crippen LogP contribution in [0.1, 0.15) is 16.7 Å². The van der Waals surface area contributed by atoms with E-state index in [1.807, 2.05) is 0 Å². The van der Waals surface area contributed by atoms with Gasteiger partial charge >= 0.3 is 12.1 Å². The number of carbonyl (C=O) groups is 1. The highest BCUT2D eigenvalue weighted by Crippen LogP contribution is 2.34. The molecule has 27 heavy (non-hydrogen) atoms. The van der Waals surface area contributed by atoms with Gasteiger partial charge in [-0.1, -0.05) is 18.2 Å². The summed E-state index contributed by atoms with van der Waals surface area (Å²) in [6.07, 6.45) is -3.50. The highest BCUT2D eigenvalue weighted by atomic mass is 19.4. The minimum absolute atomic E-state index is 0.0308. The average molecular weight is 377 g/mol. The molecule has 0 amide bonds. The van der Waals surface area contributed by atoms with Gasteiger partial charge in [0.15, 0.2) is 17.2 Å². The number of hydrogen-bond donors (Lipinski definition) is 0. The quantitative estimate of drug-likeness (QED) is 0.595. The van der Waals surface area contributed by atoms with Crippen molar-refractivity contribution in [1.29, 1.82) is 0 Å². The summed E-state index contributed by atoms with van der Waals surface area (Å²) in [4.78, 5) is 16.1. The molecule has 0 saturated carbocycles. The van der Waals surface area contributed by atoms with Gasteiger partial charge in [0.25, 0.3) is 0 Å². The first-order chi connectivity index (χ1) is 12.8. The van der Waals surface area contributed by atoms with Gasteiger partial charge in [-0.15, -0.1) is 0 Å². The molecule has 0 radical (unpaired) electrons. The topological polar surface area (TPSA) is 57.1 Å². The van der Waals surface area contributed by atoms with Gasteiger partial charge in [0.05, 0.1) is 19.8 Å². The lowest BCUT2D eigenvalue weighted by molar-refractivity contribution is -0.137. The molecule has 1 aliphatic heterocycles. The Morgan fingerprint density at radius 1 is 1.04 bits per heavy atom. The summed E-state index contributed by atoms with van der Waals surface area (Å²) in [5.74, 6) is 0.00287. The van der Waals surface area contributed by atoms with Crippen LogP contribution in [-0.4, -0.2) is 26.1 Å². The highest BCUT2D eigenvalue weighted by Gasteiger charge is 2.33. The first-order valence-corrected chi connectivity index (χ1v) is 7.74. The van der Waals surface area contributed by atoms with Crippen molar-refractivity contribution in [3.63, 3.8) is 0 Å². The lowest BCUT2D eigenvalue weighted by Gasteiger charge is -2.09. The van der Waals surface area contributed by atoms with Crippen molar-refractivity contribution in [1.82, 2.24) is 0 Å². The summed E-state index contributed by atoms with van der Waals surface area (Å²) in [5, 5.41) is 0. The molecule has 2 aromatic rings. The summed E-state index contributed by atoms with van der Waals surface area (Å²) >= 11 is 0. The van der Waals surface area contributed by atoms with Crippen LogP contribution < -0.4 is 9.47 Å². The maximum atomic E-state index is 13.1. The minimum atomic E-state index is -4.55. The Kier molecular flexibility index (Phi) is 4.89. The van der Waals surface area contributed by atoms with Gasteiger partial charge in [-0.25, -0.2) is 9.79 Å². The normalized spacial score (nSPS) is 15.5. The molecule has 8 heteroatoms. The van der Waals surface area contributed by atoms with Crippen LogP contribution in [0.25, 0.3) is 6.08 Å². The summed E-state index contributed by atoms with van der Waals surface area (Å²) in [5.41, 5.74) is -0.834. The maximum absolute atomic E-state index is 13.1. The number of aliphatic imine (C=N–C) groups is 1. The number of rotatable bonds is 4. The van der Waals surface area contributed by atoms with E-state index in [2.05, 4.69) is 4.99 Å². The van der Waals surface area contributed by atoms with Gasteiger partial charge in [-0.05, 0) is 35.9 Å². The van der Waals surface area contributed by atoms with Crippen molar-refractivity contribution in [2.24, 2.45) is 4.99 Å². The van der Waals surface area contributed by atoms with E-state index in [1.54, 1.807) is 18.2 Å². The van der Waals surface area contributed by atoms with E-state index in [4.69, 9.17) is 14.2 Å². The molecule has 5 nitrogen and oxygen atoms in total. The zero-order valence-corrected chi connectivity index (χ0v) is 14.3. The Labute approximate surface area is 152 Å². The molecule has 1 aliphatic rings. The molecule has 0 spiro atoms. The fourth-order valence-corrected chi connectivity index (χ4v) is 2.53. The molecule has 2 aromatic carbocycles. The van der Waals surface area contributed by atoms with Gasteiger partial charge in [0, 0.05) is 5.56 Å². The molecule has 0 bridgehead atoms. The molecule has 140 valence electrons. The predicted octanol–water partition coefficient (Wildman–Crippen LogP) is 4.07. The molecular weight excluding hydrogens is 363 g/mol. The zero-order chi connectivity index (χ0) is 19.6. The summed E-state index contributed by atoms with van der Waals surface area (Å²) < 4.78 is 54.7. The third kappa shape index (κ3) is 3.79. The first kappa shape index (κ1) is 18.5. The van der Waals surface area contributed by atoms with Crippen LogP contribution in [0.4, 0.5) is 13.2 Å². The summed E-state index contributed by atoms with van der Waals surface area (Å²) in [6, 6.07) is 9.67. The van der Waals surface area contributed by atoms with Crippen molar-refractivity contribution in [2.75, 3.05) is 14.2 Å². The Morgan fingerprint density at radius 2 is 1.74 bits per heavy atom. The molecule has 3 rings (SSSR count). The number of halogens is 3. The Balaban J connectivity index is 2.00. The lowest BCUT2D eigenvalue weighted by atomic mass is 10.1. The number of carbonyl (C=O) groups excluding carboxylic acids is 1. The van der Waals surface area contributed by atoms with E-state index in [-0.39, 0.29) is 17.2 Å². The lowest BCUT2D eigenvalue weighted by Crippen LogP contribution is -2.08. The molecule has 0 N–H and O–H groups in total. The first-order valence-electron chi connectivity index (χ1n) is 7.74. The van der Waals surface area contributed by atoms with Crippen molar-refractivity contribution in [3.05, 3.63) is 64.9 Å². The smallest absolute Gasteiger partial charge is 0.416 e. The molecule has 0 fully saturated rings. The Bertz CT molecular complexity index is 948. The second-order valence-corrected chi connectivity index (χ2v) is 5.49. The molecule has 0 aliphatic carbocycles. The van der Waals surface area contributed by atoms with E-state index in [1.165, 1.54) is 32.4 Å². The van der Waals surface area contributed by atoms with E-state index < -0.39 is 17.7 Å². The number of benzene rings is 2. The number of nitrogens with zero attached hydrogens (tertiary/aromatic N) is 1. The fraction of sp³-hybridized carbons (Fsp3) is 0.158. The molecule has 0 aromatic heterocycles. The van der Waals surface area contributed by atoms with Gasteiger partial charge in [0.1, 0.15) is 0 Å². The van der Waals surface area contributed by atoms with Gasteiger partial charge in [-0.2, -0.15) is 13.2 Å². The van der Waals surface area contributed by atoms with Crippen molar-refractivity contribution in [2.45, 2.75) is 6.18 Å². The largest absolute Gasteiger partial charge is 0.493 e. The molecule has 1 heterocycles. The molecule has 0 unspecified atom stereocenters. The third-order valence-corrected chi connectivity index (χ3v) is 3.81. The van der Waals surface area contributed by atoms with Gasteiger partial charge in [-0.3, -0.25) is 0 Å². The number of cyclic esters (lactones) is 1. The van der Waals surface area contributed by atoms with Gasteiger partial charge < -0.3 is 14.2 Å². The fourth-order valence-electron chi connectivity index (χ4n) is 2.53. The molecular formula is C19H14F3NO4. The molecule has 0 atom stereocenters. The second kappa shape index (κ2) is 7.14. The predicted molar refractivity (Wildman–Crippen MR) is 91.6 cm³/mol. The van der Waals surface area contributed by atoms with Crippen LogP contribution in [0, 0.1) is 0 Å². The summed E-state index contributed by atoms with van der Waals surface area (Å²) in [7, 11) is 2.92. The minimum Gasteiger partial charge on any atom is -0.493 e. The van der Waals surface area contributed by atoms with E-state index in [0.29, 0.717) is 17.1 Å². The second-order valence-electron chi connectivity index (χ2n) is 5.49. The standard InChI is InChI=1S/C19H14F3NO4/c1-25-15-8-7-12(10-16(15)26-2)17-23-14(18(24)27-17)9-11-5-3-4-6-13(11)19(20,21)22/h3-10H,1-2H3/b14-9-. The zero-order valence-electron chi connectivity index (χ0n) is 14.3. The van der Waals surface area contributed by atoms with Crippen LogP contribution in [0.3, 0.4) is 0 Å². The SMILES string of the molecule is COc1ccc(C2=N/C(=C\c3ccccc3C(F)(F)F)C(=O)O2)cc1OC. The van der Waals surface area contributed by atoms with E-state index in [0.717, 1.165) is 12.1 Å².